The second kappa shape index (κ2) is 5.10. The highest BCUT2D eigenvalue weighted by atomic mass is 32.1. The quantitative estimate of drug-likeness (QED) is 0.930. The third kappa shape index (κ3) is 2.35. The standard InChI is InChI=1S/C15H21N3S/c1-3-12-4-7-19-13(12)9-18-11-17-8-14(18)15(2)5-6-16-10-15/h4,7-8,11,16H,3,5-6,9-10H2,1-2H3. The third-order valence-corrected chi connectivity index (χ3v) is 5.18. The maximum absolute atomic E-state index is 4.39. The van der Waals surface area contributed by atoms with Gasteiger partial charge in [0.1, 0.15) is 0 Å². The first-order valence-corrected chi connectivity index (χ1v) is 7.87. The van der Waals surface area contributed by atoms with E-state index in [-0.39, 0.29) is 5.41 Å². The monoisotopic (exact) mass is 275 g/mol. The lowest BCUT2D eigenvalue weighted by Gasteiger charge is -2.24. The molecule has 1 N–H and O–H groups in total. The molecule has 0 bridgehead atoms. The lowest BCUT2D eigenvalue weighted by molar-refractivity contribution is 0.481. The largest absolute Gasteiger partial charge is 0.329 e. The van der Waals surface area contributed by atoms with Crippen LogP contribution in [0.5, 0.6) is 0 Å². The van der Waals surface area contributed by atoms with Gasteiger partial charge >= 0.3 is 0 Å². The molecule has 1 aliphatic rings. The Labute approximate surface area is 118 Å². The summed E-state index contributed by atoms with van der Waals surface area (Å²) in [5.41, 5.74) is 3.08. The topological polar surface area (TPSA) is 29.9 Å². The molecule has 1 fully saturated rings. The summed E-state index contributed by atoms with van der Waals surface area (Å²) in [6, 6.07) is 2.25. The van der Waals surface area contributed by atoms with Crippen molar-refractivity contribution in [3.8, 4) is 0 Å². The first-order valence-electron chi connectivity index (χ1n) is 6.99. The van der Waals surface area contributed by atoms with Crippen molar-refractivity contribution < 1.29 is 0 Å². The second-order valence-corrected chi connectivity index (χ2v) is 6.62. The van der Waals surface area contributed by atoms with Crippen molar-refractivity contribution in [1.82, 2.24) is 14.9 Å². The first-order chi connectivity index (χ1) is 9.23. The van der Waals surface area contributed by atoms with Gasteiger partial charge < -0.3 is 9.88 Å². The van der Waals surface area contributed by atoms with E-state index >= 15 is 0 Å². The zero-order chi connectivity index (χ0) is 13.3. The molecule has 1 unspecified atom stereocenters. The highest BCUT2D eigenvalue weighted by Crippen LogP contribution is 2.31. The van der Waals surface area contributed by atoms with Crippen LogP contribution in [0.25, 0.3) is 0 Å². The van der Waals surface area contributed by atoms with Crippen LogP contribution < -0.4 is 5.32 Å². The minimum atomic E-state index is 0.236. The average molecular weight is 275 g/mol. The normalized spacial score (nSPS) is 23.1. The Morgan fingerprint density at radius 1 is 1.53 bits per heavy atom. The fraction of sp³-hybridized carbons (Fsp3) is 0.533. The SMILES string of the molecule is CCc1ccsc1Cn1cncc1C1(C)CCNC1. The van der Waals surface area contributed by atoms with Gasteiger partial charge in [-0.25, -0.2) is 4.98 Å². The molecular formula is C15H21N3S. The van der Waals surface area contributed by atoms with Crippen molar-refractivity contribution >= 4 is 11.3 Å². The second-order valence-electron chi connectivity index (χ2n) is 5.62. The fourth-order valence-corrected chi connectivity index (χ4v) is 3.93. The summed E-state index contributed by atoms with van der Waals surface area (Å²) < 4.78 is 2.33. The van der Waals surface area contributed by atoms with Crippen LogP contribution in [-0.4, -0.2) is 22.6 Å². The van der Waals surface area contributed by atoms with Gasteiger partial charge in [0.15, 0.2) is 0 Å². The number of nitrogens with zero attached hydrogens (tertiary/aromatic N) is 2. The van der Waals surface area contributed by atoms with Gasteiger partial charge in [0.2, 0.25) is 0 Å². The molecule has 0 spiro atoms. The molecule has 2 aromatic rings. The van der Waals surface area contributed by atoms with Crippen LogP contribution in [-0.2, 0) is 18.4 Å². The van der Waals surface area contributed by atoms with Crippen molar-refractivity contribution in [3.63, 3.8) is 0 Å². The Morgan fingerprint density at radius 2 is 2.42 bits per heavy atom. The Morgan fingerprint density at radius 3 is 3.16 bits per heavy atom. The van der Waals surface area contributed by atoms with E-state index in [1.807, 2.05) is 23.9 Å². The summed E-state index contributed by atoms with van der Waals surface area (Å²) in [5.74, 6) is 0. The Bertz CT molecular complexity index is 549. The summed E-state index contributed by atoms with van der Waals surface area (Å²) in [5, 5.41) is 5.67. The minimum Gasteiger partial charge on any atom is -0.329 e. The van der Waals surface area contributed by atoms with Crippen molar-refractivity contribution in [2.24, 2.45) is 0 Å². The van der Waals surface area contributed by atoms with Crippen molar-refractivity contribution in [2.45, 2.75) is 38.6 Å². The van der Waals surface area contributed by atoms with Gasteiger partial charge in [0.05, 0.1) is 12.9 Å². The summed E-state index contributed by atoms with van der Waals surface area (Å²) in [6.45, 7) is 7.70. The number of nitrogens with one attached hydrogen (secondary N) is 1. The molecule has 102 valence electrons. The Kier molecular flexibility index (Phi) is 3.46. The predicted octanol–water partition coefficient (Wildman–Crippen LogP) is 2.81. The van der Waals surface area contributed by atoms with Crippen molar-refractivity contribution in [3.05, 3.63) is 40.1 Å². The number of aryl methyl sites for hydroxylation is 1. The summed E-state index contributed by atoms with van der Waals surface area (Å²) in [6.07, 6.45) is 6.34. The molecular weight excluding hydrogens is 254 g/mol. The number of thiophene rings is 1. The van der Waals surface area contributed by atoms with Crippen molar-refractivity contribution in [2.75, 3.05) is 13.1 Å². The van der Waals surface area contributed by atoms with E-state index in [2.05, 4.69) is 40.2 Å². The molecule has 1 saturated heterocycles. The van der Waals surface area contributed by atoms with Gasteiger partial charge in [-0.05, 0) is 36.4 Å². The summed E-state index contributed by atoms with van der Waals surface area (Å²) in [4.78, 5) is 5.86. The third-order valence-electron chi connectivity index (χ3n) is 4.23. The van der Waals surface area contributed by atoms with Gasteiger partial charge in [0.25, 0.3) is 0 Å². The van der Waals surface area contributed by atoms with Crippen LogP contribution in [0.4, 0.5) is 0 Å². The van der Waals surface area contributed by atoms with E-state index in [1.54, 1.807) is 0 Å². The molecule has 3 nitrogen and oxygen atoms in total. The van der Waals surface area contributed by atoms with E-state index in [9.17, 15) is 0 Å². The van der Waals surface area contributed by atoms with Gasteiger partial charge in [-0.2, -0.15) is 0 Å². The molecule has 0 aromatic carbocycles. The van der Waals surface area contributed by atoms with Crippen molar-refractivity contribution in [1.29, 1.82) is 0 Å². The highest BCUT2D eigenvalue weighted by molar-refractivity contribution is 7.10. The maximum atomic E-state index is 4.39. The number of hydrogen-bond acceptors (Lipinski definition) is 3. The zero-order valence-electron chi connectivity index (χ0n) is 11.6. The van der Waals surface area contributed by atoms with Crippen LogP contribution in [0.1, 0.15) is 36.4 Å². The van der Waals surface area contributed by atoms with Crippen LogP contribution in [0, 0.1) is 0 Å². The summed E-state index contributed by atoms with van der Waals surface area (Å²) in [7, 11) is 0. The van der Waals surface area contributed by atoms with Crippen LogP contribution >= 0.6 is 11.3 Å². The molecule has 2 aromatic heterocycles. The van der Waals surface area contributed by atoms with E-state index in [0.29, 0.717) is 0 Å². The van der Waals surface area contributed by atoms with E-state index < -0.39 is 0 Å². The minimum absolute atomic E-state index is 0.236. The zero-order valence-corrected chi connectivity index (χ0v) is 12.5. The van der Waals surface area contributed by atoms with Gasteiger partial charge in [-0.3, -0.25) is 0 Å². The fourth-order valence-electron chi connectivity index (χ4n) is 2.96. The van der Waals surface area contributed by atoms with E-state index in [1.165, 1.54) is 22.6 Å². The lowest BCUT2D eigenvalue weighted by atomic mass is 9.86. The number of hydrogen-bond donors (Lipinski definition) is 1. The van der Waals surface area contributed by atoms with Crippen LogP contribution in [0.15, 0.2) is 24.0 Å². The molecule has 19 heavy (non-hydrogen) atoms. The van der Waals surface area contributed by atoms with E-state index in [4.69, 9.17) is 0 Å². The van der Waals surface area contributed by atoms with E-state index in [0.717, 1.165) is 26.1 Å². The van der Waals surface area contributed by atoms with Gasteiger partial charge in [0, 0.05) is 28.7 Å². The molecule has 3 rings (SSSR count). The molecule has 1 aliphatic heterocycles. The Balaban J connectivity index is 1.88. The van der Waals surface area contributed by atoms with Gasteiger partial charge in [-0.1, -0.05) is 13.8 Å². The number of rotatable bonds is 4. The molecule has 1 atom stereocenters. The van der Waals surface area contributed by atoms with Gasteiger partial charge in [-0.15, -0.1) is 11.3 Å². The van der Waals surface area contributed by atoms with Crippen LogP contribution in [0.3, 0.4) is 0 Å². The molecule has 4 heteroatoms. The summed E-state index contributed by atoms with van der Waals surface area (Å²) >= 11 is 1.86. The average Bonchev–Trinajstić information content (AvgIpc) is 3.10. The number of imidazole rings is 1. The molecule has 0 amide bonds. The molecule has 3 heterocycles. The lowest BCUT2D eigenvalue weighted by Crippen LogP contribution is -2.28. The molecule has 0 saturated carbocycles. The predicted molar refractivity (Wildman–Crippen MR) is 79.9 cm³/mol. The molecule has 0 aliphatic carbocycles. The first kappa shape index (κ1) is 12.9. The smallest absolute Gasteiger partial charge is 0.0951 e. The van der Waals surface area contributed by atoms with Crippen LogP contribution in [0.2, 0.25) is 0 Å². The highest BCUT2D eigenvalue weighted by Gasteiger charge is 2.33. The number of aromatic nitrogens is 2. The Hall–Kier alpha value is -1.13. The molecule has 0 radical (unpaired) electrons. The maximum Gasteiger partial charge on any atom is 0.0951 e.